The second-order valence-electron chi connectivity index (χ2n) is 4.24. The van der Waals surface area contributed by atoms with E-state index >= 15 is 0 Å². The maximum absolute atomic E-state index is 12.7. The quantitative estimate of drug-likeness (QED) is 0.836. The molecule has 0 radical (unpaired) electrons. The van der Waals surface area contributed by atoms with Crippen molar-refractivity contribution in [2.75, 3.05) is 19.7 Å². The Balaban J connectivity index is 2.45. The van der Waals surface area contributed by atoms with Gasteiger partial charge in [0.05, 0.1) is 6.61 Å². The minimum atomic E-state index is -3.77. The van der Waals surface area contributed by atoms with Crippen molar-refractivity contribution in [3.05, 3.63) is 16.7 Å². The molecule has 2 heterocycles. The fraction of sp³-hybridized carbons (Fsp3) is 0.545. The minimum absolute atomic E-state index is 0.0278. The first-order valence-electron chi connectivity index (χ1n) is 6.24. The fourth-order valence-electron chi connectivity index (χ4n) is 1.89. The van der Waals surface area contributed by atoms with Gasteiger partial charge in [0.2, 0.25) is 0 Å². The Morgan fingerprint density at radius 2 is 2.25 bits per heavy atom. The first kappa shape index (κ1) is 15.7. The average molecular weight is 338 g/mol. The summed E-state index contributed by atoms with van der Waals surface area (Å²) in [5, 5.41) is 10.8. The molecule has 0 saturated carbocycles. The SMILES string of the molecule is CCCCN(CCO)S(=O)(=O)c1c(Cl)nc2sccn12. The predicted octanol–water partition coefficient (Wildman–Crippen LogP) is 1.83. The zero-order valence-electron chi connectivity index (χ0n) is 11.0. The van der Waals surface area contributed by atoms with Crippen LogP contribution in [0.2, 0.25) is 5.15 Å². The molecule has 0 bridgehead atoms. The van der Waals surface area contributed by atoms with Gasteiger partial charge in [0, 0.05) is 24.7 Å². The molecule has 9 heteroatoms. The zero-order valence-corrected chi connectivity index (χ0v) is 13.4. The largest absolute Gasteiger partial charge is 0.395 e. The van der Waals surface area contributed by atoms with Gasteiger partial charge in [-0.3, -0.25) is 4.40 Å². The molecule has 0 saturated heterocycles. The van der Waals surface area contributed by atoms with Gasteiger partial charge in [-0.25, -0.2) is 13.4 Å². The number of rotatable bonds is 7. The van der Waals surface area contributed by atoms with Gasteiger partial charge >= 0.3 is 0 Å². The Kier molecular flexibility index (Phi) is 5.03. The number of sulfonamides is 1. The van der Waals surface area contributed by atoms with Gasteiger partial charge < -0.3 is 5.11 Å². The van der Waals surface area contributed by atoms with E-state index in [1.807, 2.05) is 6.92 Å². The summed E-state index contributed by atoms with van der Waals surface area (Å²) in [4.78, 5) is 4.58. The van der Waals surface area contributed by atoms with Crippen LogP contribution in [0.15, 0.2) is 16.6 Å². The molecule has 0 fully saturated rings. The maximum Gasteiger partial charge on any atom is 0.262 e. The molecule has 0 aliphatic heterocycles. The van der Waals surface area contributed by atoms with E-state index in [0.29, 0.717) is 11.5 Å². The third kappa shape index (κ3) is 2.84. The number of fused-ring (bicyclic) bond motifs is 1. The van der Waals surface area contributed by atoms with Crippen molar-refractivity contribution in [3.8, 4) is 0 Å². The molecule has 2 aromatic heterocycles. The van der Waals surface area contributed by atoms with Crippen molar-refractivity contribution in [3.63, 3.8) is 0 Å². The lowest BCUT2D eigenvalue weighted by atomic mass is 10.3. The molecular formula is C11H16ClN3O3S2. The van der Waals surface area contributed by atoms with Crippen molar-refractivity contribution in [2.45, 2.75) is 24.8 Å². The Labute approximate surface area is 126 Å². The molecule has 6 nitrogen and oxygen atoms in total. The summed E-state index contributed by atoms with van der Waals surface area (Å²) >= 11 is 7.29. The summed E-state index contributed by atoms with van der Waals surface area (Å²) < 4.78 is 28.1. The van der Waals surface area contributed by atoms with Crippen molar-refractivity contribution in [2.24, 2.45) is 0 Å². The molecule has 20 heavy (non-hydrogen) atoms. The van der Waals surface area contributed by atoms with E-state index in [1.165, 1.54) is 20.0 Å². The van der Waals surface area contributed by atoms with Crippen LogP contribution < -0.4 is 0 Å². The number of aliphatic hydroxyl groups excluding tert-OH is 1. The lowest BCUT2D eigenvalue weighted by Gasteiger charge is -2.20. The molecule has 1 N–H and O–H groups in total. The highest BCUT2D eigenvalue weighted by atomic mass is 35.5. The number of hydrogen-bond donors (Lipinski definition) is 1. The van der Waals surface area contributed by atoms with Crippen molar-refractivity contribution >= 4 is 37.9 Å². The summed E-state index contributed by atoms with van der Waals surface area (Å²) in [5.41, 5.74) is 0. The number of unbranched alkanes of at least 4 members (excludes halogenated alkanes) is 1. The molecular weight excluding hydrogens is 322 g/mol. The Hall–Kier alpha value is -0.670. The van der Waals surface area contributed by atoms with Crippen molar-refractivity contribution < 1.29 is 13.5 Å². The average Bonchev–Trinajstić information content (AvgIpc) is 2.93. The molecule has 2 rings (SSSR count). The van der Waals surface area contributed by atoms with Gasteiger partial charge in [0.1, 0.15) is 0 Å². The van der Waals surface area contributed by atoms with E-state index in [9.17, 15) is 8.42 Å². The van der Waals surface area contributed by atoms with Crippen LogP contribution in [0.3, 0.4) is 0 Å². The summed E-state index contributed by atoms with van der Waals surface area (Å²) in [6.45, 7) is 2.15. The second kappa shape index (κ2) is 6.40. The van der Waals surface area contributed by atoms with Gasteiger partial charge in [-0.15, -0.1) is 11.3 Å². The smallest absolute Gasteiger partial charge is 0.262 e. The second-order valence-corrected chi connectivity index (χ2v) is 7.33. The topological polar surface area (TPSA) is 74.9 Å². The molecule has 0 aliphatic rings. The highest BCUT2D eigenvalue weighted by Gasteiger charge is 2.30. The van der Waals surface area contributed by atoms with Gasteiger partial charge in [-0.05, 0) is 6.42 Å². The first-order valence-corrected chi connectivity index (χ1v) is 8.94. The molecule has 0 aromatic carbocycles. The van der Waals surface area contributed by atoms with E-state index in [4.69, 9.17) is 16.7 Å². The standard InChI is InChI=1S/C11H16ClN3O3S2/c1-2-3-4-14(5-7-16)20(17,18)10-9(12)13-11-15(10)6-8-19-11/h6,8,16H,2-5,7H2,1H3. The number of aliphatic hydroxyl groups is 1. The highest BCUT2D eigenvalue weighted by Crippen LogP contribution is 2.28. The third-order valence-electron chi connectivity index (χ3n) is 2.87. The van der Waals surface area contributed by atoms with Crippen LogP contribution in [0.1, 0.15) is 19.8 Å². The van der Waals surface area contributed by atoms with Gasteiger partial charge in [-0.2, -0.15) is 4.31 Å². The Bertz CT molecular complexity index is 680. The molecule has 112 valence electrons. The van der Waals surface area contributed by atoms with E-state index < -0.39 is 10.0 Å². The third-order valence-corrected chi connectivity index (χ3v) is 5.93. The Morgan fingerprint density at radius 1 is 1.50 bits per heavy atom. The predicted molar refractivity (Wildman–Crippen MR) is 78.8 cm³/mol. The fourth-order valence-corrected chi connectivity index (χ4v) is 4.77. The monoisotopic (exact) mass is 337 g/mol. The highest BCUT2D eigenvalue weighted by molar-refractivity contribution is 7.89. The van der Waals surface area contributed by atoms with E-state index in [-0.39, 0.29) is 23.3 Å². The lowest BCUT2D eigenvalue weighted by Crippen LogP contribution is -2.35. The molecule has 0 atom stereocenters. The molecule has 2 aromatic rings. The van der Waals surface area contributed by atoms with Crippen LogP contribution in [0.25, 0.3) is 4.96 Å². The summed E-state index contributed by atoms with van der Waals surface area (Å²) in [6.07, 6.45) is 3.22. The van der Waals surface area contributed by atoms with Gasteiger partial charge in [0.15, 0.2) is 15.1 Å². The van der Waals surface area contributed by atoms with E-state index in [2.05, 4.69) is 4.98 Å². The van der Waals surface area contributed by atoms with Crippen LogP contribution in [-0.2, 0) is 10.0 Å². The van der Waals surface area contributed by atoms with Crippen molar-refractivity contribution in [1.82, 2.24) is 13.7 Å². The number of aromatic nitrogens is 2. The molecule has 0 aliphatic carbocycles. The van der Waals surface area contributed by atoms with Crippen molar-refractivity contribution in [1.29, 1.82) is 0 Å². The van der Waals surface area contributed by atoms with E-state index in [1.54, 1.807) is 11.6 Å². The van der Waals surface area contributed by atoms with E-state index in [0.717, 1.165) is 12.8 Å². The normalized spacial score (nSPS) is 12.6. The number of halogens is 1. The van der Waals surface area contributed by atoms with Crippen LogP contribution in [0.4, 0.5) is 0 Å². The lowest BCUT2D eigenvalue weighted by molar-refractivity contribution is 0.252. The van der Waals surface area contributed by atoms with Crippen LogP contribution in [0.5, 0.6) is 0 Å². The number of nitrogens with zero attached hydrogens (tertiary/aromatic N) is 3. The summed E-state index contributed by atoms with van der Waals surface area (Å²) in [7, 11) is -3.77. The minimum Gasteiger partial charge on any atom is -0.395 e. The Morgan fingerprint density at radius 3 is 2.90 bits per heavy atom. The van der Waals surface area contributed by atoms with Crippen LogP contribution >= 0.6 is 22.9 Å². The number of hydrogen-bond acceptors (Lipinski definition) is 5. The van der Waals surface area contributed by atoms with Crippen LogP contribution in [0, 0.1) is 0 Å². The van der Waals surface area contributed by atoms with Crippen LogP contribution in [-0.4, -0.2) is 46.9 Å². The maximum atomic E-state index is 12.7. The molecule has 0 spiro atoms. The summed E-state index contributed by atoms with van der Waals surface area (Å²) in [5.74, 6) is 0. The molecule has 0 amide bonds. The first-order chi connectivity index (χ1) is 9.52. The number of imidazole rings is 1. The number of thiazole rings is 1. The zero-order chi connectivity index (χ0) is 14.8. The summed E-state index contributed by atoms with van der Waals surface area (Å²) in [6, 6.07) is 0. The van der Waals surface area contributed by atoms with Gasteiger partial charge in [0.25, 0.3) is 10.0 Å². The van der Waals surface area contributed by atoms with Gasteiger partial charge in [-0.1, -0.05) is 24.9 Å². The molecule has 0 unspecified atom stereocenters.